The quantitative estimate of drug-likeness (QED) is 0.723. The Hall–Kier alpha value is -1.10. The van der Waals surface area contributed by atoms with Crippen LogP contribution in [0.25, 0.3) is 0 Å². The number of rotatable bonds is 8. The molecule has 2 rings (SSSR count). The van der Waals surface area contributed by atoms with E-state index in [0.717, 1.165) is 44.1 Å². The third-order valence-corrected chi connectivity index (χ3v) is 4.60. The van der Waals surface area contributed by atoms with Crippen LogP contribution in [0.15, 0.2) is 0 Å². The van der Waals surface area contributed by atoms with Gasteiger partial charge in [-0.1, -0.05) is 32.6 Å². The molecule has 0 bridgehead atoms. The molecule has 120 valence electrons. The molecule has 0 amide bonds. The van der Waals surface area contributed by atoms with Crippen molar-refractivity contribution in [3.63, 3.8) is 0 Å². The van der Waals surface area contributed by atoms with E-state index in [2.05, 4.69) is 33.9 Å². The smallest absolute Gasteiger partial charge is 0.244 e. The fourth-order valence-corrected chi connectivity index (χ4v) is 3.06. The van der Waals surface area contributed by atoms with E-state index >= 15 is 0 Å². The zero-order valence-corrected chi connectivity index (χ0v) is 13.6. The molecule has 1 atom stereocenters. The van der Waals surface area contributed by atoms with Crippen molar-refractivity contribution in [2.24, 2.45) is 11.7 Å². The molecular formula is C16H31N5. The number of nitrogens with one attached hydrogen (secondary N) is 1. The molecule has 1 aliphatic rings. The van der Waals surface area contributed by atoms with Crippen LogP contribution in [0.1, 0.15) is 64.6 Å². The number of hydrogen-bond donors (Lipinski definition) is 2. The first-order chi connectivity index (χ1) is 10.2. The highest BCUT2D eigenvalue weighted by atomic mass is 15.4. The standard InChI is InChI=1S/C16H31N5/c1-3-4-5-6-7-8-15-18-16(20-19-15)21-11-9-14(10-12-21)13(2)17/h13-14H,3-12,17H2,1-2H3,(H,18,19,20). The summed E-state index contributed by atoms with van der Waals surface area (Å²) in [6.07, 6.45) is 9.80. The Balaban J connectivity index is 1.73. The second-order valence-electron chi connectivity index (χ2n) is 6.43. The topological polar surface area (TPSA) is 70.8 Å². The summed E-state index contributed by atoms with van der Waals surface area (Å²) in [6.45, 7) is 6.42. The molecular weight excluding hydrogens is 262 g/mol. The maximum Gasteiger partial charge on any atom is 0.244 e. The van der Waals surface area contributed by atoms with Crippen LogP contribution in [0.4, 0.5) is 5.95 Å². The third kappa shape index (κ3) is 4.99. The number of nitrogens with zero attached hydrogens (tertiary/aromatic N) is 3. The van der Waals surface area contributed by atoms with E-state index in [1.165, 1.54) is 32.1 Å². The second-order valence-corrected chi connectivity index (χ2v) is 6.43. The van der Waals surface area contributed by atoms with Crippen molar-refractivity contribution in [1.29, 1.82) is 0 Å². The van der Waals surface area contributed by atoms with Crippen LogP contribution >= 0.6 is 0 Å². The van der Waals surface area contributed by atoms with E-state index in [1.54, 1.807) is 0 Å². The molecule has 1 unspecified atom stereocenters. The molecule has 0 aliphatic carbocycles. The molecule has 0 radical (unpaired) electrons. The maximum atomic E-state index is 5.99. The lowest BCUT2D eigenvalue weighted by Crippen LogP contribution is -2.40. The molecule has 21 heavy (non-hydrogen) atoms. The Morgan fingerprint density at radius 1 is 1.24 bits per heavy atom. The number of piperidine rings is 1. The molecule has 5 nitrogen and oxygen atoms in total. The zero-order chi connectivity index (χ0) is 15.1. The third-order valence-electron chi connectivity index (χ3n) is 4.60. The molecule has 2 heterocycles. The lowest BCUT2D eigenvalue weighted by atomic mass is 9.91. The number of aryl methyl sites for hydroxylation is 1. The Morgan fingerprint density at radius 2 is 1.95 bits per heavy atom. The molecule has 1 saturated heterocycles. The Bertz CT molecular complexity index is 393. The van der Waals surface area contributed by atoms with Crippen LogP contribution in [-0.2, 0) is 6.42 Å². The molecule has 1 aromatic rings. The van der Waals surface area contributed by atoms with Gasteiger partial charge in [-0.25, -0.2) is 0 Å². The van der Waals surface area contributed by atoms with Crippen molar-refractivity contribution in [2.75, 3.05) is 18.0 Å². The summed E-state index contributed by atoms with van der Waals surface area (Å²) in [6, 6.07) is 0.304. The molecule has 0 spiro atoms. The number of unbranched alkanes of at least 4 members (excludes halogenated alkanes) is 4. The molecule has 1 aromatic heterocycles. The fourth-order valence-electron chi connectivity index (χ4n) is 3.06. The Kier molecular flexibility index (Phi) is 6.49. The minimum absolute atomic E-state index is 0.304. The lowest BCUT2D eigenvalue weighted by molar-refractivity contribution is 0.352. The van der Waals surface area contributed by atoms with Crippen LogP contribution in [0.2, 0.25) is 0 Å². The first-order valence-corrected chi connectivity index (χ1v) is 8.62. The van der Waals surface area contributed by atoms with Gasteiger partial charge in [-0.05, 0) is 32.1 Å². The van der Waals surface area contributed by atoms with Gasteiger partial charge < -0.3 is 10.6 Å². The molecule has 1 aliphatic heterocycles. The van der Waals surface area contributed by atoms with E-state index in [0.29, 0.717) is 12.0 Å². The van der Waals surface area contributed by atoms with Crippen LogP contribution in [-0.4, -0.2) is 34.3 Å². The number of nitrogens with two attached hydrogens (primary N) is 1. The first kappa shape index (κ1) is 16.3. The largest absolute Gasteiger partial charge is 0.340 e. The number of anilines is 1. The van der Waals surface area contributed by atoms with E-state index in [-0.39, 0.29) is 0 Å². The van der Waals surface area contributed by atoms with E-state index < -0.39 is 0 Å². The van der Waals surface area contributed by atoms with Crippen molar-refractivity contribution >= 4 is 5.95 Å². The monoisotopic (exact) mass is 293 g/mol. The van der Waals surface area contributed by atoms with Crippen LogP contribution < -0.4 is 10.6 Å². The van der Waals surface area contributed by atoms with E-state index in [4.69, 9.17) is 5.73 Å². The minimum atomic E-state index is 0.304. The second kappa shape index (κ2) is 8.37. The predicted molar refractivity (Wildman–Crippen MR) is 87.4 cm³/mol. The van der Waals surface area contributed by atoms with Gasteiger partial charge in [0.15, 0.2) is 0 Å². The van der Waals surface area contributed by atoms with Gasteiger partial charge in [-0.3, -0.25) is 5.10 Å². The van der Waals surface area contributed by atoms with Crippen molar-refractivity contribution < 1.29 is 0 Å². The predicted octanol–water partition coefficient (Wildman–Crippen LogP) is 2.88. The van der Waals surface area contributed by atoms with E-state index in [1.807, 2.05) is 0 Å². The highest BCUT2D eigenvalue weighted by Crippen LogP contribution is 2.22. The minimum Gasteiger partial charge on any atom is -0.340 e. The summed E-state index contributed by atoms with van der Waals surface area (Å²) in [5.74, 6) is 2.57. The molecule has 5 heteroatoms. The summed E-state index contributed by atoms with van der Waals surface area (Å²) in [5, 5.41) is 7.48. The van der Waals surface area contributed by atoms with E-state index in [9.17, 15) is 0 Å². The van der Waals surface area contributed by atoms with Crippen molar-refractivity contribution in [1.82, 2.24) is 15.2 Å². The van der Waals surface area contributed by atoms with Gasteiger partial charge in [-0.15, -0.1) is 5.10 Å². The number of H-pyrrole nitrogens is 1. The van der Waals surface area contributed by atoms with Gasteiger partial charge in [0, 0.05) is 25.6 Å². The summed E-state index contributed by atoms with van der Waals surface area (Å²) in [5.41, 5.74) is 5.99. The van der Waals surface area contributed by atoms with Crippen molar-refractivity contribution in [3.05, 3.63) is 5.82 Å². The number of hydrogen-bond acceptors (Lipinski definition) is 4. The summed E-state index contributed by atoms with van der Waals surface area (Å²) < 4.78 is 0. The summed E-state index contributed by atoms with van der Waals surface area (Å²) in [4.78, 5) is 6.94. The Morgan fingerprint density at radius 3 is 2.62 bits per heavy atom. The molecule has 1 fully saturated rings. The molecule has 0 aromatic carbocycles. The van der Waals surface area contributed by atoms with Crippen molar-refractivity contribution in [2.45, 2.75) is 71.3 Å². The lowest BCUT2D eigenvalue weighted by Gasteiger charge is -2.32. The molecule has 0 saturated carbocycles. The average Bonchev–Trinajstić information content (AvgIpc) is 2.96. The van der Waals surface area contributed by atoms with Gasteiger partial charge in [0.2, 0.25) is 5.95 Å². The Labute approximate surface area is 128 Å². The SMILES string of the molecule is CCCCCCCc1nc(N2CCC(C(C)N)CC2)n[nH]1. The van der Waals surface area contributed by atoms with Gasteiger partial charge in [-0.2, -0.15) is 4.98 Å². The number of aromatic amines is 1. The summed E-state index contributed by atoms with van der Waals surface area (Å²) in [7, 11) is 0. The molecule has 3 N–H and O–H groups in total. The summed E-state index contributed by atoms with van der Waals surface area (Å²) >= 11 is 0. The highest BCUT2D eigenvalue weighted by Gasteiger charge is 2.23. The van der Waals surface area contributed by atoms with Gasteiger partial charge >= 0.3 is 0 Å². The highest BCUT2D eigenvalue weighted by molar-refractivity contribution is 5.29. The first-order valence-electron chi connectivity index (χ1n) is 8.62. The van der Waals surface area contributed by atoms with Crippen LogP contribution in [0.5, 0.6) is 0 Å². The number of aromatic nitrogens is 3. The van der Waals surface area contributed by atoms with Gasteiger partial charge in [0.05, 0.1) is 0 Å². The maximum absolute atomic E-state index is 5.99. The average molecular weight is 293 g/mol. The zero-order valence-electron chi connectivity index (χ0n) is 13.6. The fraction of sp³-hybridized carbons (Fsp3) is 0.875. The van der Waals surface area contributed by atoms with Crippen LogP contribution in [0.3, 0.4) is 0 Å². The van der Waals surface area contributed by atoms with Gasteiger partial charge in [0.25, 0.3) is 0 Å². The van der Waals surface area contributed by atoms with Gasteiger partial charge in [0.1, 0.15) is 5.82 Å². The normalized spacial score (nSPS) is 18.1. The van der Waals surface area contributed by atoms with Crippen molar-refractivity contribution in [3.8, 4) is 0 Å². The van der Waals surface area contributed by atoms with Crippen LogP contribution in [0, 0.1) is 5.92 Å².